The van der Waals surface area contributed by atoms with Crippen LogP contribution in [-0.2, 0) is 9.53 Å². The van der Waals surface area contributed by atoms with Crippen molar-refractivity contribution in [3.63, 3.8) is 0 Å². The van der Waals surface area contributed by atoms with Crippen LogP contribution in [0.3, 0.4) is 0 Å². The zero-order valence-corrected chi connectivity index (χ0v) is 13.4. The summed E-state index contributed by atoms with van der Waals surface area (Å²) >= 11 is 9.10. The van der Waals surface area contributed by atoms with Crippen molar-refractivity contribution in [1.29, 1.82) is 0 Å². The molecule has 1 atom stereocenters. The lowest BCUT2D eigenvalue weighted by Gasteiger charge is -2.20. The van der Waals surface area contributed by atoms with E-state index in [1.165, 1.54) is 0 Å². The molecule has 0 aliphatic heterocycles. The third kappa shape index (κ3) is 4.37. The number of rotatable bonds is 5. The monoisotopic (exact) mass is 349 g/mol. The summed E-state index contributed by atoms with van der Waals surface area (Å²) in [7, 11) is 0. The third-order valence-electron chi connectivity index (χ3n) is 2.50. The molecule has 0 spiro atoms. The fraction of sp³-hybridized carbons (Fsp3) is 0.462. The summed E-state index contributed by atoms with van der Waals surface area (Å²) in [5, 5.41) is 12.6. The maximum absolute atomic E-state index is 12.1. The van der Waals surface area contributed by atoms with Crippen molar-refractivity contribution >= 4 is 39.1 Å². The van der Waals surface area contributed by atoms with Crippen molar-refractivity contribution in [3.8, 4) is 5.75 Å². The summed E-state index contributed by atoms with van der Waals surface area (Å²) in [5.41, 5.74) is 0.259. The second-order valence-electron chi connectivity index (χ2n) is 4.39. The Bertz CT molecular complexity index is 465. The molecular formula is C13H17BrClNO3. The van der Waals surface area contributed by atoms with Gasteiger partial charge in [-0.05, 0) is 25.0 Å². The molecule has 0 aromatic heterocycles. The molecule has 0 fully saturated rings. The Morgan fingerprint density at radius 2 is 2.16 bits per heavy atom. The number of anilines is 1. The van der Waals surface area contributed by atoms with Gasteiger partial charge in [-0.15, -0.1) is 0 Å². The predicted octanol–water partition coefficient (Wildman–Crippen LogP) is 3.81. The molecule has 106 valence electrons. The third-order valence-corrected chi connectivity index (χ3v) is 3.24. The van der Waals surface area contributed by atoms with Gasteiger partial charge in [-0.25, -0.2) is 0 Å². The van der Waals surface area contributed by atoms with Crippen LogP contribution >= 0.6 is 27.5 Å². The normalized spacial score (nSPS) is 12.5. The summed E-state index contributed by atoms with van der Waals surface area (Å²) in [5.74, 6) is -0.428. The average molecular weight is 351 g/mol. The van der Waals surface area contributed by atoms with Gasteiger partial charge in [-0.2, -0.15) is 0 Å². The molecule has 0 bridgehead atoms. The standard InChI is InChI=1S/C13H17BrClNO3/c1-4-19-12(7(2)3)13(18)16-10-6-8(14)5-9(15)11(10)17/h5-7,12,17H,4H2,1-3H3,(H,16,18). The SMILES string of the molecule is CCOC(C(=O)Nc1cc(Br)cc(Cl)c1O)C(C)C. The van der Waals surface area contributed by atoms with E-state index >= 15 is 0 Å². The van der Waals surface area contributed by atoms with Gasteiger partial charge in [-0.1, -0.05) is 41.4 Å². The molecule has 1 aromatic rings. The highest BCUT2D eigenvalue weighted by atomic mass is 79.9. The first-order valence-corrected chi connectivity index (χ1v) is 7.14. The van der Waals surface area contributed by atoms with Gasteiger partial charge < -0.3 is 15.2 Å². The topological polar surface area (TPSA) is 58.6 Å². The van der Waals surface area contributed by atoms with Gasteiger partial charge in [0.2, 0.25) is 0 Å². The van der Waals surface area contributed by atoms with Crippen LogP contribution in [0, 0.1) is 5.92 Å². The Labute approximate surface area is 126 Å². The number of carbonyl (C=O) groups is 1. The number of nitrogens with one attached hydrogen (secondary N) is 1. The van der Waals surface area contributed by atoms with Crippen molar-refractivity contribution in [2.24, 2.45) is 5.92 Å². The zero-order valence-electron chi connectivity index (χ0n) is 11.0. The van der Waals surface area contributed by atoms with E-state index in [4.69, 9.17) is 16.3 Å². The number of phenolic OH excluding ortho intramolecular Hbond substituents is 1. The lowest BCUT2D eigenvalue weighted by atomic mass is 10.1. The van der Waals surface area contributed by atoms with Crippen molar-refractivity contribution in [2.45, 2.75) is 26.9 Å². The van der Waals surface area contributed by atoms with Crippen LogP contribution < -0.4 is 5.32 Å². The number of carbonyl (C=O) groups excluding carboxylic acids is 1. The molecule has 4 nitrogen and oxygen atoms in total. The van der Waals surface area contributed by atoms with Gasteiger partial charge >= 0.3 is 0 Å². The Balaban J connectivity index is 2.92. The van der Waals surface area contributed by atoms with Crippen molar-refractivity contribution in [2.75, 3.05) is 11.9 Å². The maximum atomic E-state index is 12.1. The fourth-order valence-corrected chi connectivity index (χ4v) is 2.42. The first-order chi connectivity index (χ1) is 8.86. The molecule has 0 heterocycles. The van der Waals surface area contributed by atoms with Crippen LogP contribution in [-0.4, -0.2) is 23.7 Å². The van der Waals surface area contributed by atoms with Gasteiger partial charge in [0, 0.05) is 11.1 Å². The molecule has 1 unspecified atom stereocenters. The van der Waals surface area contributed by atoms with E-state index in [2.05, 4.69) is 21.2 Å². The van der Waals surface area contributed by atoms with Crippen molar-refractivity contribution in [3.05, 3.63) is 21.6 Å². The molecule has 0 aliphatic carbocycles. The molecule has 0 saturated carbocycles. The van der Waals surface area contributed by atoms with Crippen LogP contribution in [0.1, 0.15) is 20.8 Å². The van der Waals surface area contributed by atoms with E-state index in [-0.39, 0.29) is 28.3 Å². The number of ether oxygens (including phenoxy) is 1. The molecule has 0 aliphatic rings. The first-order valence-electron chi connectivity index (χ1n) is 5.97. The highest BCUT2D eigenvalue weighted by Gasteiger charge is 2.23. The minimum atomic E-state index is -0.567. The second kappa shape index (κ2) is 7.12. The Kier molecular flexibility index (Phi) is 6.10. The largest absolute Gasteiger partial charge is 0.504 e. The Morgan fingerprint density at radius 1 is 1.53 bits per heavy atom. The molecule has 0 saturated heterocycles. The van der Waals surface area contributed by atoms with E-state index in [9.17, 15) is 9.90 Å². The molecule has 0 radical (unpaired) electrons. The summed E-state index contributed by atoms with van der Waals surface area (Å²) in [4.78, 5) is 12.1. The smallest absolute Gasteiger partial charge is 0.253 e. The lowest BCUT2D eigenvalue weighted by Crippen LogP contribution is -2.34. The highest BCUT2D eigenvalue weighted by molar-refractivity contribution is 9.10. The summed E-state index contributed by atoms with van der Waals surface area (Å²) in [6, 6.07) is 3.14. The quantitative estimate of drug-likeness (QED) is 0.794. The number of hydrogen-bond acceptors (Lipinski definition) is 3. The molecule has 1 aromatic carbocycles. The van der Waals surface area contributed by atoms with E-state index in [1.54, 1.807) is 12.1 Å². The van der Waals surface area contributed by atoms with Gasteiger partial charge in [-0.3, -0.25) is 4.79 Å². The van der Waals surface area contributed by atoms with Crippen LogP contribution in [0.4, 0.5) is 5.69 Å². The zero-order chi connectivity index (χ0) is 14.6. The second-order valence-corrected chi connectivity index (χ2v) is 5.72. The van der Waals surface area contributed by atoms with Crippen molar-refractivity contribution < 1.29 is 14.6 Å². The number of halogens is 2. The summed E-state index contributed by atoms with van der Waals surface area (Å²) < 4.78 is 6.07. The Hall–Kier alpha value is -0.780. The van der Waals surface area contributed by atoms with Crippen molar-refractivity contribution in [1.82, 2.24) is 0 Å². The summed E-state index contributed by atoms with van der Waals surface area (Å²) in [6.07, 6.45) is -0.567. The Morgan fingerprint density at radius 3 is 2.68 bits per heavy atom. The number of phenols is 1. The molecule has 19 heavy (non-hydrogen) atoms. The molecule has 6 heteroatoms. The van der Waals surface area contributed by atoms with E-state index < -0.39 is 6.10 Å². The van der Waals surface area contributed by atoms with Gasteiger partial charge in [0.1, 0.15) is 6.10 Å². The first kappa shape index (κ1) is 16.3. The maximum Gasteiger partial charge on any atom is 0.253 e. The molecule has 1 amide bonds. The number of benzene rings is 1. The van der Waals surface area contributed by atoms with E-state index in [1.807, 2.05) is 20.8 Å². The van der Waals surface area contributed by atoms with Crippen LogP contribution in [0.5, 0.6) is 5.75 Å². The number of aromatic hydroxyl groups is 1. The minimum absolute atomic E-state index is 0.0321. The molecule has 1 rings (SSSR count). The average Bonchev–Trinajstić information content (AvgIpc) is 2.31. The van der Waals surface area contributed by atoms with E-state index in [0.29, 0.717) is 11.1 Å². The summed E-state index contributed by atoms with van der Waals surface area (Å²) in [6.45, 7) is 6.07. The molecular weight excluding hydrogens is 334 g/mol. The molecule has 2 N–H and O–H groups in total. The fourth-order valence-electron chi connectivity index (χ4n) is 1.62. The highest BCUT2D eigenvalue weighted by Crippen LogP contribution is 2.35. The van der Waals surface area contributed by atoms with Crippen LogP contribution in [0.2, 0.25) is 5.02 Å². The van der Waals surface area contributed by atoms with Gasteiger partial charge in [0.25, 0.3) is 5.91 Å². The number of amides is 1. The van der Waals surface area contributed by atoms with Gasteiger partial charge in [0.05, 0.1) is 10.7 Å². The van der Waals surface area contributed by atoms with Gasteiger partial charge in [0.15, 0.2) is 5.75 Å². The minimum Gasteiger partial charge on any atom is -0.504 e. The predicted molar refractivity (Wildman–Crippen MR) is 79.7 cm³/mol. The van der Waals surface area contributed by atoms with Crippen LogP contribution in [0.15, 0.2) is 16.6 Å². The van der Waals surface area contributed by atoms with E-state index in [0.717, 1.165) is 0 Å². The van der Waals surface area contributed by atoms with Crippen LogP contribution in [0.25, 0.3) is 0 Å². The number of hydrogen-bond donors (Lipinski definition) is 2. The lowest BCUT2D eigenvalue weighted by molar-refractivity contribution is -0.129.